The molecular weight excluding hydrogens is 420 g/mol. The number of rotatable bonds is 8. The third kappa shape index (κ3) is 5.49. The molecule has 0 atom stereocenters. The Morgan fingerprint density at radius 3 is 2.47 bits per heavy atom. The first kappa shape index (κ1) is 22.1. The van der Waals surface area contributed by atoms with E-state index in [0.29, 0.717) is 28.7 Å². The van der Waals surface area contributed by atoms with Crippen LogP contribution in [0.3, 0.4) is 0 Å². The Balaban J connectivity index is 1.84. The molecule has 30 heavy (non-hydrogen) atoms. The quantitative estimate of drug-likeness (QED) is 0.418. The number of halogens is 1. The lowest BCUT2D eigenvalue weighted by atomic mass is 10.1. The van der Waals surface area contributed by atoms with Gasteiger partial charge in [0.1, 0.15) is 5.82 Å². The molecular formula is C22H23ClN4O2S. The molecule has 0 aliphatic heterocycles. The van der Waals surface area contributed by atoms with Gasteiger partial charge in [-0.05, 0) is 61.4 Å². The minimum absolute atomic E-state index is 0.00824. The van der Waals surface area contributed by atoms with Crippen LogP contribution in [0, 0.1) is 13.8 Å². The van der Waals surface area contributed by atoms with Gasteiger partial charge in [0, 0.05) is 36.2 Å². The van der Waals surface area contributed by atoms with Gasteiger partial charge in [0.15, 0.2) is 10.9 Å². The van der Waals surface area contributed by atoms with Gasteiger partial charge in [-0.15, -0.1) is 10.2 Å². The van der Waals surface area contributed by atoms with E-state index in [-0.39, 0.29) is 17.4 Å². The lowest BCUT2D eigenvalue weighted by Crippen LogP contribution is -2.23. The highest BCUT2D eigenvalue weighted by Crippen LogP contribution is 2.25. The Kier molecular flexibility index (Phi) is 7.29. The average molecular weight is 443 g/mol. The van der Waals surface area contributed by atoms with E-state index in [1.54, 1.807) is 24.3 Å². The molecule has 1 amide bonds. The monoisotopic (exact) mass is 442 g/mol. The molecule has 6 nitrogen and oxygen atoms in total. The van der Waals surface area contributed by atoms with Crippen LogP contribution in [0.2, 0.25) is 5.02 Å². The van der Waals surface area contributed by atoms with Gasteiger partial charge >= 0.3 is 0 Å². The number of benzene rings is 2. The number of aromatic nitrogens is 3. The van der Waals surface area contributed by atoms with Gasteiger partial charge in [0.05, 0.1) is 5.75 Å². The lowest BCUT2D eigenvalue weighted by molar-refractivity contribution is -0.118. The number of hydrogen-bond acceptors (Lipinski definition) is 5. The number of nitrogens with one attached hydrogen (secondary N) is 1. The molecule has 3 aromatic rings. The van der Waals surface area contributed by atoms with Gasteiger partial charge in [-0.2, -0.15) is 0 Å². The van der Waals surface area contributed by atoms with Crippen LogP contribution in [0.4, 0.5) is 0 Å². The van der Waals surface area contributed by atoms with Gasteiger partial charge in [0.25, 0.3) is 0 Å². The maximum absolute atomic E-state index is 12.6. The van der Waals surface area contributed by atoms with Crippen molar-refractivity contribution in [2.75, 3.05) is 12.3 Å². The number of thioether (sulfide) groups is 1. The Morgan fingerprint density at radius 2 is 1.80 bits per heavy atom. The number of nitrogens with zero attached hydrogens (tertiary/aromatic N) is 3. The Morgan fingerprint density at radius 1 is 1.07 bits per heavy atom. The van der Waals surface area contributed by atoms with Gasteiger partial charge < -0.3 is 5.32 Å². The number of ketones is 1. The summed E-state index contributed by atoms with van der Waals surface area (Å²) in [6, 6.07) is 13.0. The molecule has 0 saturated heterocycles. The molecule has 0 saturated carbocycles. The summed E-state index contributed by atoms with van der Waals surface area (Å²) in [7, 11) is 0. The largest absolute Gasteiger partial charge is 0.356 e. The maximum atomic E-state index is 12.6. The summed E-state index contributed by atoms with van der Waals surface area (Å²) in [6.07, 6.45) is 0.533. The van der Waals surface area contributed by atoms with Gasteiger partial charge in [0.2, 0.25) is 5.91 Å². The second-order valence-corrected chi connectivity index (χ2v) is 8.33. The number of hydrogen-bond donors (Lipinski definition) is 1. The molecule has 1 N–H and O–H groups in total. The van der Waals surface area contributed by atoms with Crippen LogP contribution in [0.1, 0.15) is 34.2 Å². The van der Waals surface area contributed by atoms with Crippen molar-refractivity contribution >= 4 is 35.1 Å². The summed E-state index contributed by atoms with van der Waals surface area (Å²) in [4.78, 5) is 23.8. The highest BCUT2D eigenvalue weighted by Gasteiger charge is 2.17. The Labute approximate surface area is 185 Å². The zero-order chi connectivity index (χ0) is 21.7. The minimum atomic E-state index is -0.0876. The molecule has 2 aromatic carbocycles. The maximum Gasteiger partial charge on any atom is 0.216 e. The van der Waals surface area contributed by atoms with Gasteiger partial charge in [-0.1, -0.05) is 29.4 Å². The fraction of sp³-hybridized carbons (Fsp3) is 0.273. The molecule has 0 aliphatic carbocycles. The van der Waals surface area contributed by atoms with Gasteiger partial charge in [-0.25, -0.2) is 0 Å². The molecule has 0 unspecified atom stereocenters. The number of Topliss-reactive ketones (excluding diaryl/α,β-unsaturated/α-hetero) is 1. The predicted molar refractivity (Wildman–Crippen MR) is 120 cm³/mol. The SMILES string of the molecule is CC(=O)NCCc1nnc(SCC(=O)c2ccc(Cl)cc2)n1-c1ccc(C)c(C)c1. The van der Waals surface area contributed by atoms with Crippen LogP contribution >= 0.6 is 23.4 Å². The fourth-order valence-corrected chi connectivity index (χ4v) is 3.87. The molecule has 8 heteroatoms. The third-order valence-corrected chi connectivity index (χ3v) is 5.85. The minimum Gasteiger partial charge on any atom is -0.356 e. The van der Waals surface area contributed by atoms with E-state index < -0.39 is 0 Å². The summed E-state index contributed by atoms with van der Waals surface area (Å²) < 4.78 is 1.95. The summed E-state index contributed by atoms with van der Waals surface area (Å²) in [5, 5.41) is 12.6. The van der Waals surface area contributed by atoms with E-state index in [1.165, 1.54) is 24.2 Å². The molecule has 156 valence electrons. The van der Waals surface area contributed by atoms with Crippen molar-refractivity contribution in [1.82, 2.24) is 20.1 Å². The molecule has 0 bridgehead atoms. The standard InChI is InChI=1S/C22H23ClN4O2S/c1-14-4-9-19(12-15(14)2)27-21(10-11-24-16(3)28)25-26-22(27)30-13-20(29)17-5-7-18(23)8-6-17/h4-9,12H,10-11,13H2,1-3H3,(H,24,28). The molecule has 1 aromatic heterocycles. The lowest BCUT2D eigenvalue weighted by Gasteiger charge is -2.12. The van der Waals surface area contributed by atoms with E-state index in [4.69, 9.17) is 11.6 Å². The normalized spacial score (nSPS) is 10.8. The number of carbonyl (C=O) groups excluding carboxylic acids is 2. The molecule has 0 aliphatic rings. The summed E-state index contributed by atoms with van der Waals surface area (Å²) in [6.45, 7) is 6.06. The van der Waals surface area contributed by atoms with Crippen LogP contribution in [0.5, 0.6) is 0 Å². The molecule has 1 heterocycles. The first-order valence-corrected chi connectivity index (χ1v) is 10.9. The van der Waals surface area contributed by atoms with Crippen LogP contribution in [-0.2, 0) is 11.2 Å². The van der Waals surface area contributed by atoms with Crippen LogP contribution in [0.15, 0.2) is 47.6 Å². The van der Waals surface area contributed by atoms with Crippen LogP contribution < -0.4 is 5.32 Å². The van der Waals surface area contributed by atoms with Crippen molar-refractivity contribution in [2.45, 2.75) is 32.3 Å². The number of carbonyl (C=O) groups is 2. The van der Waals surface area contributed by atoms with Gasteiger partial charge in [-0.3, -0.25) is 14.2 Å². The zero-order valence-electron chi connectivity index (χ0n) is 17.1. The second-order valence-electron chi connectivity index (χ2n) is 6.95. The highest BCUT2D eigenvalue weighted by molar-refractivity contribution is 7.99. The molecule has 0 radical (unpaired) electrons. The summed E-state index contributed by atoms with van der Waals surface area (Å²) >= 11 is 7.24. The van der Waals surface area contributed by atoms with E-state index in [9.17, 15) is 9.59 Å². The topological polar surface area (TPSA) is 76.9 Å². The molecule has 3 rings (SSSR count). The predicted octanol–water partition coefficient (Wildman–Crippen LogP) is 4.19. The van der Waals surface area contributed by atoms with Crippen molar-refractivity contribution in [3.8, 4) is 5.69 Å². The van der Waals surface area contributed by atoms with Crippen molar-refractivity contribution < 1.29 is 9.59 Å². The zero-order valence-corrected chi connectivity index (χ0v) is 18.7. The summed E-state index contributed by atoms with van der Waals surface area (Å²) in [5.74, 6) is 0.867. The highest BCUT2D eigenvalue weighted by atomic mass is 35.5. The van der Waals surface area contributed by atoms with Crippen LogP contribution in [0.25, 0.3) is 5.69 Å². The third-order valence-electron chi connectivity index (χ3n) is 4.67. The van der Waals surface area contributed by atoms with E-state index in [2.05, 4.69) is 41.5 Å². The Bertz CT molecular complexity index is 1060. The van der Waals surface area contributed by atoms with Crippen molar-refractivity contribution in [3.63, 3.8) is 0 Å². The number of amides is 1. The smallest absolute Gasteiger partial charge is 0.216 e. The van der Waals surface area contributed by atoms with Crippen molar-refractivity contribution in [1.29, 1.82) is 0 Å². The first-order valence-electron chi connectivity index (χ1n) is 9.53. The molecule has 0 fully saturated rings. The first-order chi connectivity index (χ1) is 14.3. The number of aryl methyl sites for hydroxylation is 2. The van der Waals surface area contributed by atoms with E-state index in [1.807, 2.05) is 10.6 Å². The average Bonchev–Trinajstić information content (AvgIpc) is 3.11. The second kappa shape index (κ2) is 9.91. The van der Waals surface area contributed by atoms with E-state index >= 15 is 0 Å². The van der Waals surface area contributed by atoms with Crippen LogP contribution in [-0.4, -0.2) is 38.8 Å². The fourth-order valence-electron chi connectivity index (χ4n) is 2.88. The molecule has 0 spiro atoms. The van der Waals surface area contributed by atoms with Crippen molar-refractivity contribution in [2.24, 2.45) is 0 Å². The van der Waals surface area contributed by atoms with E-state index in [0.717, 1.165) is 17.1 Å². The Hall–Kier alpha value is -2.64. The van der Waals surface area contributed by atoms with Crippen molar-refractivity contribution in [3.05, 3.63) is 70.0 Å². The summed E-state index contributed by atoms with van der Waals surface area (Å²) in [5.41, 5.74) is 3.89.